The van der Waals surface area contributed by atoms with Gasteiger partial charge in [0.15, 0.2) is 21.3 Å². The van der Waals surface area contributed by atoms with Gasteiger partial charge in [0.25, 0.3) is 0 Å². The summed E-state index contributed by atoms with van der Waals surface area (Å²) < 4.78 is 41.8. The molecule has 1 N–H and O–H groups in total. The average Bonchev–Trinajstić information content (AvgIpc) is 3.35. The first-order chi connectivity index (χ1) is 16.7. The average molecular weight is 508 g/mol. The maximum atomic E-state index is 12.9. The highest BCUT2D eigenvalue weighted by Gasteiger charge is 2.33. The molecule has 35 heavy (non-hydrogen) atoms. The van der Waals surface area contributed by atoms with Gasteiger partial charge in [0.05, 0.1) is 61.6 Å². The number of benzene rings is 1. The van der Waals surface area contributed by atoms with E-state index in [1.54, 1.807) is 17.0 Å². The van der Waals surface area contributed by atoms with Crippen LogP contribution in [0.25, 0.3) is 0 Å². The van der Waals surface area contributed by atoms with Crippen molar-refractivity contribution >= 4 is 27.2 Å². The predicted molar refractivity (Wildman–Crippen MR) is 133 cm³/mol. The fourth-order valence-electron chi connectivity index (χ4n) is 4.92. The maximum absolute atomic E-state index is 12.9. The number of aromatic nitrogens is 2. The lowest BCUT2D eigenvalue weighted by atomic mass is 10.2. The Kier molecular flexibility index (Phi) is 7.02. The van der Waals surface area contributed by atoms with Gasteiger partial charge >= 0.3 is 6.03 Å². The van der Waals surface area contributed by atoms with Crippen molar-refractivity contribution in [3.05, 3.63) is 23.5 Å². The fourth-order valence-corrected chi connectivity index (χ4v) is 6.62. The zero-order valence-electron chi connectivity index (χ0n) is 20.8. The molecule has 2 aliphatic heterocycles. The third kappa shape index (κ3) is 4.97. The van der Waals surface area contributed by atoms with Crippen LogP contribution in [-0.2, 0) is 9.84 Å². The quantitative estimate of drug-likeness (QED) is 0.633. The Morgan fingerprint density at radius 2 is 1.66 bits per heavy atom. The van der Waals surface area contributed by atoms with Gasteiger partial charge in [-0.25, -0.2) is 13.2 Å². The topological polar surface area (TPSA) is 115 Å². The smallest absolute Gasteiger partial charge is 0.321 e. The second-order valence-corrected chi connectivity index (χ2v) is 11.1. The number of piperazine rings is 1. The van der Waals surface area contributed by atoms with Crippen LogP contribution >= 0.6 is 0 Å². The van der Waals surface area contributed by atoms with Crippen LogP contribution in [0.1, 0.15) is 23.9 Å². The summed E-state index contributed by atoms with van der Waals surface area (Å²) in [5, 5.41) is 7.59. The second kappa shape index (κ2) is 9.84. The number of nitrogens with zero attached hydrogens (tertiary/aromatic N) is 4. The number of hydrogen-bond acceptors (Lipinski definition) is 8. The van der Waals surface area contributed by atoms with Crippen molar-refractivity contribution in [1.29, 1.82) is 0 Å². The normalized spacial score (nSPS) is 19.5. The standard InChI is InChI=1S/C23H33N5O6S/c1-15-21(16(2)28(25-15)18-6-11-35(30,31)14-18)26-7-9-27(10-8-26)23(29)24-17-12-19(32-3)22(34-5)20(13-17)33-4/h12-13,18H,6-11,14H2,1-5H3,(H,24,29). The van der Waals surface area contributed by atoms with Gasteiger partial charge in [-0.1, -0.05) is 0 Å². The number of aryl methyl sites for hydroxylation is 1. The first-order valence-corrected chi connectivity index (χ1v) is 13.4. The number of rotatable bonds is 6. The Balaban J connectivity index is 1.42. The molecule has 0 spiro atoms. The summed E-state index contributed by atoms with van der Waals surface area (Å²) in [7, 11) is 1.59. The summed E-state index contributed by atoms with van der Waals surface area (Å²) in [6, 6.07) is 3.07. The predicted octanol–water partition coefficient (Wildman–Crippen LogP) is 2.24. The molecule has 1 aromatic heterocycles. The minimum atomic E-state index is -2.99. The maximum Gasteiger partial charge on any atom is 0.321 e. The number of hydrogen-bond donors (Lipinski definition) is 1. The van der Waals surface area contributed by atoms with Crippen LogP contribution in [0.2, 0.25) is 0 Å². The summed E-state index contributed by atoms with van der Waals surface area (Å²) in [4.78, 5) is 16.9. The minimum Gasteiger partial charge on any atom is -0.493 e. The van der Waals surface area contributed by atoms with E-state index in [1.165, 1.54) is 21.3 Å². The monoisotopic (exact) mass is 507 g/mol. The number of nitrogens with one attached hydrogen (secondary N) is 1. The first-order valence-electron chi connectivity index (χ1n) is 11.5. The minimum absolute atomic E-state index is 0.113. The second-order valence-electron chi connectivity index (χ2n) is 8.84. The van der Waals surface area contributed by atoms with Crippen LogP contribution in [0.5, 0.6) is 17.2 Å². The Bertz CT molecular complexity index is 1180. The molecule has 2 amide bonds. The molecule has 1 aromatic carbocycles. The molecule has 12 heteroatoms. The zero-order chi connectivity index (χ0) is 25.3. The van der Waals surface area contributed by atoms with E-state index in [-0.39, 0.29) is 23.6 Å². The van der Waals surface area contributed by atoms with Crippen LogP contribution in [0, 0.1) is 13.8 Å². The molecule has 0 saturated carbocycles. The van der Waals surface area contributed by atoms with E-state index in [1.807, 2.05) is 18.5 Å². The number of anilines is 2. The van der Waals surface area contributed by atoms with E-state index in [9.17, 15) is 13.2 Å². The van der Waals surface area contributed by atoms with Crippen molar-refractivity contribution in [1.82, 2.24) is 14.7 Å². The number of carbonyl (C=O) groups is 1. The zero-order valence-corrected chi connectivity index (χ0v) is 21.6. The van der Waals surface area contributed by atoms with Gasteiger partial charge in [0.1, 0.15) is 0 Å². The molecule has 0 radical (unpaired) electrons. The number of sulfone groups is 1. The first kappa shape index (κ1) is 25.0. The molecule has 11 nitrogen and oxygen atoms in total. The molecule has 2 aliphatic rings. The van der Waals surface area contributed by atoms with Crippen molar-refractivity contribution in [2.24, 2.45) is 0 Å². The third-order valence-electron chi connectivity index (χ3n) is 6.64. The molecule has 1 atom stereocenters. The van der Waals surface area contributed by atoms with Gasteiger partial charge in [-0.15, -0.1) is 0 Å². The fraction of sp³-hybridized carbons (Fsp3) is 0.565. The molecular weight excluding hydrogens is 474 g/mol. The van der Waals surface area contributed by atoms with Crippen LogP contribution in [0.15, 0.2) is 12.1 Å². The summed E-state index contributed by atoms with van der Waals surface area (Å²) in [5.74, 6) is 1.74. The Hall–Kier alpha value is -3.15. The van der Waals surface area contributed by atoms with Gasteiger partial charge in [0, 0.05) is 38.3 Å². The van der Waals surface area contributed by atoms with Crippen molar-refractivity contribution in [2.45, 2.75) is 26.3 Å². The molecule has 2 saturated heterocycles. The molecule has 2 aromatic rings. The summed E-state index contributed by atoms with van der Waals surface area (Å²) in [6.45, 7) is 6.32. The summed E-state index contributed by atoms with van der Waals surface area (Å²) in [5.41, 5.74) is 3.42. The van der Waals surface area contributed by atoms with Gasteiger partial charge in [-0.05, 0) is 20.3 Å². The van der Waals surface area contributed by atoms with E-state index in [2.05, 4.69) is 15.3 Å². The van der Waals surface area contributed by atoms with Crippen molar-refractivity contribution < 1.29 is 27.4 Å². The lowest BCUT2D eigenvalue weighted by Crippen LogP contribution is -2.50. The molecule has 0 aliphatic carbocycles. The van der Waals surface area contributed by atoms with Crippen LogP contribution < -0.4 is 24.4 Å². The number of urea groups is 1. The lowest BCUT2D eigenvalue weighted by Gasteiger charge is -2.36. The molecule has 3 heterocycles. The Morgan fingerprint density at radius 1 is 1.03 bits per heavy atom. The lowest BCUT2D eigenvalue weighted by molar-refractivity contribution is 0.208. The van der Waals surface area contributed by atoms with Gasteiger partial charge < -0.3 is 29.3 Å². The van der Waals surface area contributed by atoms with E-state index in [0.29, 0.717) is 55.5 Å². The van der Waals surface area contributed by atoms with E-state index < -0.39 is 9.84 Å². The molecule has 2 fully saturated rings. The largest absolute Gasteiger partial charge is 0.493 e. The van der Waals surface area contributed by atoms with Crippen molar-refractivity contribution in [3.63, 3.8) is 0 Å². The molecule has 1 unspecified atom stereocenters. The highest BCUT2D eigenvalue weighted by Crippen LogP contribution is 2.40. The number of methoxy groups -OCH3 is 3. The molecular formula is C23H33N5O6S. The molecule has 4 rings (SSSR count). The third-order valence-corrected chi connectivity index (χ3v) is 8.39. The van der Waals surface area contributed by atoms with Crippen LogP contribution in [0.3, 0.4) is 0 Å². The molecule has 192 valence electrons. The molecule has 0 bridgehead atoms. The van der Waals surface area contributed by atoms with Crippen LogP contribution in [0.4, 0.5) is 16.2 Å². The van der Waals surface area contributed by atoms with Crippen LogP contribution in [-0.4, -0.2) is 88.1 Å². The summed E-state index contributed by atoms with van der Waals surface area (Å²) in [6.07, 6.45) is 0.596. The van der Waals surface area contributed by atoms with Gasteiger partial charge in [0.2, 0.25) is 5.75 Å². The van der Waals surface area contributed by atoms with E-state index >= 15 is 0 Å². The Morgan fingerprint density at radius 3 is 2.17 bits per heavy atom. The highest BCUT2D eigenvalue weighted by molar-refractivity contribution is 7.91. The highest BCUT2D eigenvalue weighted by atomic mass is 32.2. The van der Waals surface area contributed by atoms with Crippen molar-refractivity contribution in [3.8, 4) is 17.2 Å². The van der Waals surface area contributed by atoms with Crippen molar-refractivity contribution in [2.75, 3.05) is 69.2 Å². The Labute approximate surface area is 205 Å². The van der Waals surface area contributed by atoms with E-state index in [4.69, 9.17) is 14.2 Å². The van der Waals surface area contributed by atoms with Gasteiger partial charge in [-0.2, -0.15) is 5.10 Å². The van der Waals surface area contributed by atoms with E-state index in [0.717, 1.165) is 17.1 Å². The number of carbonyl (C=O) groups excluding carboxylic acids is 1. The summed E-state index contributed by atoms with van der Waals surface area (Å²) >= 11 is 0. The number of ether oxygens (including phenoxy) is 3. The number of amides is 2. The van der Waals surface area contributed by atoms with Gasteiger partial charge in [-0.3, -0.25) is 4.68 Å². The SMILES string of the molecule is COc1cc(NC(=O)N2CCN(c3c(C)nn(C4CCS(=O)(=O)C4)c3C)CC2)cc(OC)c1OC.